The molecule has 0 saturated heterocycles. The third kappa shape index (κ3) is 4.65. The van der Waals surface area contributed by atoms with Crippen LogP contribution in [0.2, 0.25) is 0 Å². The number of allylic oxidation sites excluding steroid dienone is 1. The van der Waals surface area contributed by atoms with Crippen molar-refractivity contribution in [2.24, 2.45) is 4.99 Å². The minimum atomic E-state index is -3.70. The van der Waals surface area contributed by atoms with E-state index in [1.54, 1.807) is 0 Å². The number of carbonyl (C=O) groups is 1. The first kappa shape index (κ1) is 21.8. The fourth-order valence-corrected chi connectivity index (χ4v) is 5.12. The van der Waals surface area contributed by atoms with Crippen molar-refractivity contribution in [3.05, 3.63) is 65.5 Å². The number of hydrogen-bond acceptors (Lipinski definition) is 5. The first-order chi connectivity index (χ1) is 14.2. The van der Waals surface area contributed by atoms with Crippen molar-refractivity contribution in [2.45, 2.75) is 17.9 Å². The van der Waals surface area contributed by atoms with Crippen LogP contribution in [0.25, 0.3) is 10.2 Å². The van der Waals surface area contributed by atoms with Crippen molar-refractivity contribution in [3.8, 4) is 5.75 Å². The molecule has 0 spiro atoms. The standard InChI is InChI=1S/C20H18F2N2O4S2/c1-3-9-24-19-16(22)11-13(21)12-17(19)29-20(24)23-18(25)8-10-30(26,27)15-6-4-14(28-2)5-7-15/h3-7,11-12H,1,8-10H2,2H3. The molecule has 3 aromatic rings. The zero-order valence-corrected chi connectivity index (χ0v) is 17.6. The number of sulfone groups is 1. The molecule has 0 bridgehead atoms. The van der Waals surface area contributed by atoms with Gasteiger partial charge in [0.25, 0.3) is 0 Å². The van der Waals surface area contributed by atoms with Gasteiger partial charge in [-0.3, -0.25) is 4.79 Å². The second-order valence-corrected chi connectivity index (χ2v) is 9.39. The highest BCUT2D eigenvalue weighted by molar-refractivity contribution is 7.91. The van der Waals surface area contributed by atoms with E-state index in [1.807, 2.05) is 0 Å². The van der Waals surface area contributed by atoms with E-state index in [-0.39, 0.29) is 32.9 Å². The smallest absolute Gasteiger partial charge is 0.249 e. The summed E-state index contributed by atoms with van der Waals surface area (Å²) in [5, 5.41) is 0. The largest absolute Gasteiger partial charge is 0.497 e. The lowest BCUT2D eigenvalue weighted by Crippen LogP contribution is -2.18. The first-order valence-corrected chi connectivity index (χ1v) is 11.3. The Hall–Kier alpha value is -2.85. The number of carbonyl (C=O) groups excluding carboxylic acids is 1. The van der Waals surface area contributed by atoms with Crippen LogP contribution < -0.4 is 9.54 Å². The number of benzene rings is 2. The highest BCUT2D eigenvalue weighted by Crippen LogP contribution is 2.22. The Labute approximate surface area is 175 Å². The average Bonchev–Trinajstić information content (AvgIpc) is 3.04. The molecule has 0 atom stereocenters. The average molecular weight is 453 g/mol. The molecule has 0 aliphatic carbocycles. The van der Waals surface area contributed by atoms with Gasteiger partial charge in [-0.25, -0.2) is 17.2 Å². The number of nitrogens with zero attached hydrogens (tertiary/aromatic N) is 2. The Morgan fingerprint density at radius 2 is 1.97 bits per heavy atom. The second-order valence-electron chi connectivity index (χ2n) is 6.27. The summed E-state index contributed by atoms with van der Waals surface area (Å²) >= 11 is 0.939. The molecular formula is C20H18F2N2O4S2. The van der Waals surface area contributed by atoms with Crippen LogP contribution in [0.3, 0.4) is 0 Å². The summed E-state index contributed by atoms with van der Waals surface area (Å²) in [5.41, 5.74) is 0.110. The van der Waals surface area contributed by atoms with Crippen LogP contribution in [0.1, 0.15) is 6.42 Å². The second kappa shape index (κ2) is 8.88. The highest BCUT2D eigenvalue weighted by Gasteiger charge is 2.17. The van der Waals surface area contributed by atoms with Crippen LogP contribution in [0, 0.1) is 11.6 Å². The van der Waals surface area contributed by atoms with Crippen LogP contribution >= 0.6 is 11.3 Å². The van der Waals surface area contributed by atoms with Gasteiger partial charge in [-0.1, -0.05) is 17.4 Å². The highest BCUT2D eigenvalue weighted by atomic mass is 32.2. The summed E-state index contributed by atoms with van der Waals surface area (Å²) < 4.78 is 59.3. The van der Waals surface area contributed by atoms with Crippen LogP contribution in [0.15, 0.2) is 58.9 Å². The molecule has 0 N–H and O–H groups in total. The number of halogens is 2. The maximum absolute atomic E-state index is 14.2. The van der Waals surface area contributed by atoms with E-state index >= 15 is 0 Å². The van der Waals surface area contributed by atoms with E-state index in [4.69, 9.17) is 4.74 Å². The molecule has 158 valence electrons. The molecule has 0 saturated carbocycles. The number of hydrogen-bond donors (Lipinski definition) is 0. The normalized spacial score (nSPS) is 12.3. The molecule has 30 heavy (non-hydrogen) atoms. The van der Waals surface area contributed by atoms with Crippen LogP contribution in [-0.4, -0.2) is 31.8 Å². The molecule has 0 fully saturated rings. The van der Waals surface area contributed by atoms with Gasteiger partial charge in [0.1, 0.15) is 11.6 Å². The molecule has 2 aromatic carbocycles. The predicted octanol–water partition coefficient (Wildman–Crippen LogP) is 3.47. The van der Waals surface area contributed by atoms with Crippen LogP contribution in [0.5, 0.6) is 5.75 Å². The quantitative estimate of drug-likeness (QED) is 0.515. The Bertz CT molecular complexity index is 1280. The molecule has 1 heterocycles. The molecule has 6 nitrogen and oxygen atoms in total. The van der Waals surface area contributed by atoms with E-state index in [0.29, 0.717) is 5.75 Å². The lowest BCUT2D eigenvalue weighted by molar-refractivity contribution is -0.117. The summed E-state index contributed by atoms with van der Waals surface area (Å²) in [4.78, 5) is 16.5. The minimum absolute atomic E-state index is 0.0669. The molecule has 10 heteroatoms. The number of amides is 1. The van der Waals surface area contributed by atoms with Gasteiger partial charge in [-0.15, -0.1) is 6.58 Å². The number of fused-ring (bicyclic) bond motifs is 1. The first-order valence-electron chi connectivity index (χ1n) is 8.79. The SMILES string of the molecule is C=CCn1c(=NC(=O)CCS(=O)(=O)c2ccc(OC)cc2)sc2cc(F)cc(F)c21. The molecule has 0 unspecified atom stereocenters. The third-order valence-corrected chi connectivity index (χ3v) is 6.99. The monoisotopic (exact) mass is 452 g/mol. The van der Waals surface area contributed by atoms with Gasteiger partial charge in [-0.2, -0.15) is 4.99 Å². The van der Waals surface area contributed by atoms with Gasteiger partial charge in [0.15, 0.2) is 20.5 Å². The van der Waals surface area contributed by atoms with Crippen LogP contribution in [0.4, 0.5) is 8.78 Å². The van der Waals surface area contributed by atoms with Crippen molar-refractivity contribution >= 4 is 37.3 Å². The van der Waals surface area contributed by atoms with E-state index in [9.17, 15) is 22.0 Å². The van der Waals surface area contributed by atoms with Gasteiger partial charge in [0.2, 0.25) is 5.91 Å². The minimum Gasteiger partial charge on any atom is -0.497 e. The molecule has 0 aliphatic rings. The fraction of sp³-hybridized carbons (Fsp3) is 0.200. The summed E-state index contributed by atoms with van der Waals surface area (Å²) in [6, 6.07) is 7.74. The fourth-order valence-electron chi connectivity index (χ4n) is 2.80. The zero-order chi connectivity index (χ0) is 21.9. The molecule has 3 rings (SSSR count). The summed E-state index contributed by atoms with van der Waals surface area (Å²) in [6.45, 7) is 3.75. The van der Waals surface area contributed by atoms with Crippen molar-refractivity contribution in [2.75, 3.05) is 12.9 Å². The maximum Gasteiger partial charge on any atom is 0.249 e. The van der Waals surface area contributed by atoms with Gasteiger partial charge >= 0.3 is 0 Å². The molecular weight excluding hydrogens is 434 g/mol. The molecule has 1 amide bonds. The Morgan fingerprint density at radius 1 is 1.27 bits per heavy atom. The third-order valence-electron chi connectivity index (χ3n) is 4.23. The predicted molar refractivity (Wildman–Crippen MR) is 110 cm³/mol. The summed E-state index contributed by atoms with van der Waals surface area (Å²) in [7, 11) is -2.23. The maximum atomic E-state index is 14.2. The van der Waals surface area contributed by atoms with Crippen molar-refractivity contribution in [1.82, 2.24) is 4.57 Å². The Kier molecular flexibility index (Phi) is 6.47. The lowest BCUT2D eigenvalue weighted by Gasteiger charge is -2.05. The lowest BCUT2D eigenvalue weighted by atomic mass is 10.3. The summed E-state index contributed by atoms with van der Waals surface area (Å²) in [5.74, 6) is -2.12. The van der Waals surface area contributed by atoms with E-state index in [2.05, 4.69) is 11.6 Å². The Balaban J connectivity index is 1.87. The van der Waals surface area contributed by atoms with E-state index in [1.165, 1.54) is 42.0 Å². The van der Waals surface area contributed by atoms with E-state index in [0.717, 1.165) is 23.5 Å². The van der Waals surface area contributed by atoms with Gasteiger partial charge in [0.05, 0.1) is 28.0 Å². The number of methoxy groups -OCH3 is 1. The van der Waals surface area contributed by atoms with Gasteiger partial charge in [0, 0.05) is 19.0 Å². The van der Waals surface area contributed by atoms with Crippen molar-refractivity contribution in [3.63, 3.8) is 0 Å². The van der Waals surface area contributed by atoms with Gasteiger partial charge in [-0.05, 0) is 30.3 Å². The van der Waals surface area contributed by atoms with Crippen molar-refractivity contribution in [1.29, 1.82) is 0 Å². The van der Waals surface area contributed by atoms with Crippen molar-refractivity contribution < 1.29 is 26.7 Å². The number of rotatable bonds is 7. The number of thiazole rings is 1. The number of aromatic nitrogens is 1. The summed E-state index contributed by atoms with van der Waals surface area (Å²) in [6.07, 6.45) is 1.14. The van der Waals surface area contributed by atoms with E-state index < -0.39 is 33.1 Å². The van der Waals surface area contributed by atoms with Crippen LogP contribution in [-0.2, 0) is 21.2 Å². The zero-order valence-electron chi connectivity index (χ0n) is 16.0. The Morgan fingerprint density at radius 3 is 2.60 bits per heavy atom. The molecule has 0 radical (unpaired) electrons. The number of ether oxygens (including phenoxy) is 1. The molecule has 0 aliphatic heterocycles. The topological polar surface area (TPSA) is 77.7 Å². The molecule has 1 aromatic heterocycles. The van der Waals surface area contributed by atoms with Gasteiger partial charge < -0.3 is 9.30 Å².